The second-order valence-electron chi connectivity index (χ2n) is 5.34. The standard InChI is InChI=1S/C15H17N3O5S2/c1-18(25(2,22)23)8-13(19)16-7-10-4-3-5-11(6-10)14-17-12(9-24-14)15(20)21/h3-6,9H,7-8H2,1-2H3,(H,16,19)(H,20,21). The first-order valence-electron chi connectivity index (χ1n) is 7.13. The number of benzene rings is 1. The number of hydrogen-bond donors (Lipinski definition) is 2. The topological polar surface area (TPSA) is 117 Å². The van der Waals surface area contributed by atoms with Crippen molar-refractivity contribution in [2.45, 2.75) is 6.54 Å². The number of nitrogens with one attached hydrogen (secondary N) is 1. The Morgan fingerprint density at radius 1 is 1.36 bits per heavy atom. The maximum Gasteiger partial charge on any atom is 0.355 e. The van der Waals surface area contributed by atoms with E-state index in [1.165, 1.54) is 23.8 Å². The Bertz CT molecular complexity index is 892. The highest BCUT2D eigenvalue weighted by Crippen LogP contribution is 2.24. The Morgan fingerprint density at radius 3 is 2.68 bits per heavy atom. The molecule has 8 nitrogen and oxygen atoms in total. The predicted molar refractivity (Wildman–Crippen MR) is 93.8 cm³/mol. The fraction of sp³-hybridized carbons (Fsp3) is 0.267. The molecule has 0 aliphatic rings. The molecule has 0 bridgehead atoms. The number of hydrogen-bond acceptors (Lipinski definition) is 6. The molecule has 0 aliphatic carbocycles. The first-order valence-corrected chi connectivity index (χ1v) is 9.86. The molecule has 1 aromatic heterocycles. The van der Waals surface area contributed by atoms with Gasteiger partial charge in [0.05, 0.1) is 12.8 Å². The minimum Gasteiger partial charge on any atom is -0.476 e. The third-order valence-electron chi connectivity index (χ3n) is 3.32. The van der Waals surface area contributed by atoms with Crippen LogP contribution in [0.15, 0.2) is 29.6 Å². The highest BCUT2D eigenvalue weighted by molar-refractivity contribution is 7.88. The molecule has 0 saturated heterocycles. The van der Waals surface area contributed by atoms with E-state index in [9.17, 15) is 18.0 Å². The van der Waals surface area contributed by atoms with E-state index >= 15 is 0 Å². The molecule has 0 unspecified atom stereocenters. The van der Waals surface area contributed by atoms with E-state index in [4.69, 9.17) is 5.11 Å². The van der Waals surface area contributed by atoms with Crippen molar-refractivity contribution in [2.24, 2.45) is 0 Å². The number of aromatic carboxylic acids is 1. The lowest BCUT2D eigenvalue weighted by Gasteiger charge is -2.13. The number of carbonyl (C=O) groups excluding carboxylic acids is 1. The van der Waals surface area contributed by atoms with Crippen molar-refractivity contribution in [2.75, 3.05) is 19.8 Å². The molecule has 25 heavy (non-hydrogen) atoms. The maximum absolute atomic E-state index is 11.8. The van der Waals surface area contributed by atoms with Crippen LogP contribution in [0.25, 0.3) is 10.6 Å². The average molecular weight is 383 g/mol. The summed E-state index contributed by atoms with van der Waals surface area (Å²) in [5, 5.41) is 13.6. The molecule has 1 aromatic carbocycles. The summed E-state index contributed by atoms with van der Waals surface area (Å²) in [6.45, 7) is -0.0333. The Morgan fingerprint density at radius 2 is 2.08 bits per heavy atom. The van der Waals surface area contributed by atoms with Gasteiger partial charge in [-0.15, -0.1) is 11.3 Å². The molecular weight excluding hydrogens is 366 g/mol. The van der Waals surface area contributed by atoms with Gasteiger partial charge in [0.25, 0.3) is 0 Å². The number of sulfonamides is 1. The lowest BCUT2D eigenvalue weighted by molar-refractivity contribution is -0.121. The van der Waals surface area contributed by atoms with Gasteiger partial charge in [-0.3, -0.25) is 4.79 Å². The molecule has 2 N–H and O–H groups in total. The number of likely N-dealkylation sites (N-methyl/N-ethyl adjacent to an activating group) is 1. The largest absolute Gasteiger partial charge is 0.476 e. The average Bonchev–Trinajstić information content (AvgIpc) is 3.02. The highest BCUT2D eigenvalue weighted by atomic mass is 32.2. The minimum atomic E-state index is -3.41. The van der Waals surface area contributed by atoms with Gasteiger partial charge in [0.2, 0.25) is 15.9 Å². The van der Waals surface area contributed by atoms with Gasteiger partial charge in [-0.1, -0.05) is 18.2 Å². The van der Waals surface area contributed by atoms with Crippen molar-refractivity contribution in [1.82, 2.24) is 14.6 Å². The van der Waals surface area contributed by atoms with E-state index in [2.05, 4.69) is 10.3 Å². The van der Waals surface area contributed by atoms with Crippen molar-refractivity contribution in [1.29, 1.82) is 0 Å². The number of carboxylic acids is 1. The molecule has 2 rings (SSSR count). The van der Waals surface area contributed by atoms with E-state index in [0.29, 0.717) is 5.01 Å². The Hall–Kier alpha value is -2.30. The summed E-state index contributed by atoms with van der Waals surface area (Å²) in [4.78, 5) is 26.8. The van der Waals surface area contributed by atoms with Gasteiger partial charge in [-0.05, 0) is 11.6 Å². The number of carbonyl (C=O) groups is 2. The van der Waals surface area contributed by atoms with Crippen molar-refractivity contribution in [3.05, 3.63) is 40.9 Å². The quantitative estimate of drug-likeness (QED) is 0.737. The summed E-state index contributed by atoms with van der Waals surface area (Å²) >= 11 is 1.22. The summed E-state index contributed by atoms with van der Waals surface area (Å²) in [6.07, 6.45) is 1.03. The molecule has 0 saturated carbocycles. The number of carboxylic acid groups (broad SMARTS) is 1. The molecule has 134 valence electrons. The smallest absolute Gasteiger partial charge is 0.355 e. The first kappa shape index (κ1) is 19.0. The third-order valence-corrected chi connectivity index (χ3v) is 5.47. The molecular formula is C15H17N3O5S2. The maximum atomic E-state index is 11.8. The third kappa shape index (κ3) is 5.34. The van der Waals surface area contributed by atoms with Crippen LogP contribution in [-0.2, 0) is 21.4 Å². The fourth-order valence-corrected chi connectivity index (χ4v) is 3.04. The molecule has 0 aliphatic heterocycles. The molecule has 0 radical (unpaired) electrons. The van der Waals surface area contributed by atoms with Gasteiger partial charge in [-0.2, -0.15) is 4.31 Å². The van der Waals surface area contributed by atoms with Crippen molar-refractivity contribution < 1.29 is 23.1 Å². The molecule has 1 amide bonds. The van der Waals surface area contributed by atoms with Crippen LogP contribution in [0.1, 0.15) is 16.1 Å². The second-order valence-corrected chi connectivity index (χ2v) is 8.29. The summed E-state index contributed by atoms with van der Waals surface area (Å²) in [5.41, 5.74) is 1.53. The van der Waals surface area contributed by atoms with Crippen LogP contribution >= 0.6 is 11.3 Å². The second kappa shape index (κ2) is 7.72. The number of rotatable bonds is 7. The molecule has 2 aromatic rings. The summed E-state index contributed by atoms with van der Waals surface area (Å²) in [5.74, 6) is -1.50. The Labute approximate surface area is 149 Å². The molecule has 0 atom stereocenters. The number of thiazole rings is 1. The lowest BCUT2D eigenvalue weighted by Crippen LogP contribution is -2.37. The number of aromatic nitrogens is 1. The van der Waals surface area contributed by atoms with Gasteiger partial charge < -0.3 is 10.4 Å². The van der Waals surface area contributed by atoms with E-state index in [1.54, 1.807) is 24.3 Å². The Kier molecular flexibility index (Phi) is 5.88. The summed E-state index contributed by atoms with van der Waals surface area (Å²) < 4.78 is 23.5. The molecule has 10 heteroatoms. The zero-order valence-electron chi connectivity index (χ0n) is 13.6. The van der Waals surface area contributed by atoms with Gasteiger partial charge in [0.15, 0.2) is 5.69 Å². The predicted octanol–water partition coefficient (Wildman–Crippen LogP) is 1.02. The van der Waals surface area contributed by atoms with Crippen LogP contribution in [0.3, 0.4) is 0 Å². The van der Waals surface area contributed by atoms with Crippen LogP contribution in [-0.4, -0.2) is 54.5 Å². The summed E-state index contributed by atoms with van der Waals surface area (Å²) in [7, 11) is -2.08. The van der Waals surface area contributed by atoms with Gasteiger partial charge in [-0.25, -0.2) is 18.2 Å². The lowest BCUT2D eigenvalue weighted by atomic mass is 10.1. The van der Waals surface area contributed by atoms with Crippen LogP contribution in [0.5, 0.6) is 0 Å². The van der Waals surface area contributed by atoms with Gasteiger partial charge in [0, 0.05) is 24.5 Å². The number of nitrogens with zero attached hydrogens (tertiary/aromatic N) is 2. The van der Waals surface area contributed by atoms with Crippen LogP contribution in [0.4, 0.5) is 0 Å². The minimum absolute atomic E-state index is 0.0116. The molecule has 1 heterocycles. The van der Waals surface area contributed by atoms with E-state index in [1.807, 2.05) is 0 Å². The monoisotopic (exact) mass is 383 g/mol. The zero-order valence-corrected chi connectivity index (χ0v) is 15.2. The molecule has 0 fully saturated rings. The Balaban J connectivity index is 2.02. The normalized spacial score (nSPS) is 11.5. The fourth-order valence-electron chi connectivity index (χ4n) is 1.89. The SMILES string of the molecule is CN(CC(=O)NCc1cccc(-c2nc(C(=O)O)cs2)c1)S(C)(=O)=O. The zero-order chi connectivity index (χ0) is 18.6. The number of amides is 1. The highest BCUT2D eigenvalue weighted by Gasteiger charge is 2.15. The van der Waals surface area contributed by atoms with E-state index in [-0.39, 0.29) is 18.8 Å². The van der Waals surface area contributed by atoms with Crippen molar-refractivity contribution in [3.8, 4) is 10.6 Å². The van der Waals surface area contributed by atoms with Crippen LogP contribution in [0.2, 0.25) is 0 Å². The molecule has 0 spiro atoms. The van der Waals surface area contributed by atoms with Gasteiger partial charge >= 0.3 is 5.97 Å². The van der Waals surface area contributed by atoms with Crippen LogP contribution in [0, 0.1) is 0 Å². The van der Waals surface area contributed by atoms with Gasteiger partial charge in [0.1, 0.15) is 5.01 Å². The first-order chi connectivity index (χ1) is 11.7. The van der Waals surface area contributed by atoms with Crippen molar-refractivity contribution >= 4 is 33.2 Å². The van der Waals surface area contributed by atoms with Crippen LogP contribution < -0.4 is 5.32 Å². The van der Waals surface area contributed by atoms with E-state index < -0.39 is 21.9 Å². The summed E-state index contributed by atoms with van der Waals surface area (Å²) in [6, 6.07) is 7.18. The van der Waals surface area contributed by atoms with E-state index in [0.717, 1.165) is 21.7 Å². The van der Waals surface area contributed by atoms with Crippen molar-refractivity contribution in [3.63, 3.8) is 0 Å².